The topological polar surface area (TPSA) is 102 Å². The van der Waals surface area contributed by atoms with E-state index in [4.69, 9.17) is 0 Å². The lowest BCUT2D eigenvalue weighted by molar-refractivity contribution is -0.112. The molecule has 1 N–H and O–H groups in total. The number of benzene rings is 1. The van der Waals surface area contributed by atoms with Gasteiger partial charge in [-0.15, -0.1) is 11.3 Å². The van der Waals surface area contributed by atoms with Gasteiger partial charge in [0.05, 0.1) is 10.4 Å². The van der Waals surface area contributed by atoms with Crippen molar-refractivity contribution in [1.82, 2.24) is 9.47 Å². The van der Waals surface area contributed by atoms with Crippen LogP contribution in [0, 0.1) is 29.6 Å². The van der Waals surface area contributed by atoms with Gasteiger partial charge in [-0.3, -0.25) is 9.59 Å². The molecule has 3 rings (SSSR count). The second-order valence-corrected chi connectivity index (χ2v) is 8.82. The predicted molar refractivity (Wildman–Crippen MR) is 126 cm³/mol. The van der Waals surface area contributed by atoms with E-state index >= 15 is 0 Å². The highest BCUT2D eigenvalue weighted by Gasteiger charge is 2.23. The highest BCUT2D eigenvalue weighted by atomic mass is 32.1. The summed E-state index contributed by atoms with van der Waals surface area (Å²) in [5, 5.41) is 23.1. The molecule has 0 bridgehead atoms. The molecule has 0 saturated carbocycles. The van der Waals surface area contributed by atoms with Gasteiger partial charge in [-0.2, -0.15) is 10.5 Å². The molecule has 2 amide bonds. The number of hydrogen-bond donors (Lipinski definition) is 1. The number of thiophene rings is 1. The Morgan fingerprint density at radius 3 is 2.50 bits per heavy atom. The molecular weight excluding hydrogens is 422 g/mol. The highest BCUT2D eigenvalue weighted by molar-refractivity contribution is 7.18. The first-order valence-electron chi connectivity index (χ1n) is 9.97. The third kappa shape index (κ3) is 4.14. The monoisotopic (exact) mass is 445 g/mol. The number of nitrogens with one attached hydrogen (secondary N) is 1. The maximum Gasteiger partial charge on any atom is 0.266 e. The predicted octanol–water partition coefficient (Wildman–Crippen LogP) is 4.71. The highest BCUT2D eigenvalue weighted by Crippen LogP contribution is 2.33. The minimum absolute atomic E-state index is 0.0907. The van der Waals surface area contributed by atoms with Crippen LogP contribution in [0.3, 0.4) is 0 Å². The molecule has 0 atom stereocenters. The van der Waals surface area contributed by atoms with Gasteiger partial charge >= 0.3 is 0 Å². The quantitative estimate of drug-likeness (QED) is 0.454. The van der Waals surface area contributed by atoms with Crippen LogP contribution in [0.4, 0.5) is 5.00 Å². The smallest absolute Gasteiger partial charge is 0.266 e. The first kappa shape index (κ1) is 22.8. The maximum atomic E-state index is 12.9. The van der Waals surface area contributed by atoms with E-state index < -0.39 is 5.91 Å². The van der Waals surface area contributed by atoms with Gasteiger partial charge < -0.3 is 14.8 Å². The van der Waals surface area contributed by atoms with Crippen molar-refractivity contribution in [3.63, 3.8) is 0 Å². The standard InChI is InChI=1S/C24H23N5O2S/c1-14(2)29-13-17(18-8-6-7-9-20(18)29)10-16(11-25)22(30)27-23-19(12-26)15(3)21(32-23)24(31)28(4)5/h6-10,13-14H,1-5H3,(H,27,30). The summed E-state index contributed by atoms with van der Waals surface area (Å²) in [6.45, 7) is 5.79. The Hall–Kier alpha value is -3.88. The minimum atomic E-state index is -0.629. The van der Waals surface area contributed by atoms with E-state index in [-0.39, 0.29) is 28.1 Å². The van der Waals surface area contributed by atoms with E-state index in [1.807, 2.05) is 42.6 Å². The van der Waals surface area contributed by atoms with Gasteiger partial charge in [-0.05, 0) is 38.5 Å². The molecule has 3 aromatic rings. The summed E-state index contributed by atoms with van der Waals surface area (Å²) in [5.41, 5.74) is 2.41. The molecule has 0 aliphatic heterocycles. The van der Waals surface area contributed by atoms with Crippen LogP contribution in [-0.2, 0) is 4.79 Å². The van der Waals surface area contributed by atoms with Crippen LogP contribution in [0.25, 0.3) is 17.0 Å². The molecular formula is C24H23N5O2S. The summed E-state index contributed by atoms with van der Waals surface area (Å²) in [6.07, 6.45) is 3.47. The van der Waals surface area contributed by atoms with Crippen molar-refractivity contribution < 1.29 is 9.59 Å². The van der Waals surface area contributed by atoms with Crippen LogP contribution in [-0.4, -0.2) is 35.4 Å². The molecule has 2 aromatic heterocycles. The van der Waals surface area contributed by atoms with Gasteiger partial charge in [0.1, 0.15) is 22.7 Å². The molecule has 0 spiro atoms. The summed E-state index contributed by atoms with van der Waals surface area (Å²) in [4.78, 5) is 27.1. The number of anilines is 1. The molecule has 162 valence electrons. The fourth-order valence-corrected chi connectivity index (χ4v) is 4.57. The zero-order valence-electron chi connectivity index (χ0n) is 18.6. The van der Waals surface area contributed by atoms with E-state index in [9.17, 15) is 20.1 Å². The van der Waals surface area contributed by atoms with E-state index in [0.717, 1.165) is 27.8 Å². The lowest BCUT2D eigenvalue weighted by Gasteiger charge is -2.08. The fraction of sp³-hybridized carbons (Fsp3) is 0.250. The summed E-state index contributed by atoms with van der Waals surface area (Å²) in [5.74, 6) is -0.877. The van der Waals surface area contributed by atoms with Crippen molar-refractivity contribution in [2.45, 2.75) is 26.8 Å². The van der Waals surface area contributed by atoms with Gasteiger partial charge in [0, 0.05) is 42.8 Å². The number of nitrogens with zero attached hydrogens (tertiary/aromatic N) is 4. The van der Waals surface area contributed by atoms with Crippen LogP contribution < -0.4 is 5.32 Å². The normalized spacial score (nSPS) is 11.3. The number of aromatic nitrogens is 1. The van der Waals surface area contributed by atoms with E-state index in [1.165, 1.54) is 4.90 Å². The molecule has 0 saturated heterocycles. The molecule has 0 unspecified atom stereocenters. The molecule has 2 heterocycles. The molecule has 1 aromatic carbocycles. The molecule has 0 aliphatic carbocycles. The van der Waals surface area contributed by atoms with Crippen LogP contribution in [0.15, 0.2) is 36.0 Å². The summed E-state index contributed by atoms with van der Waals surface area (Å²) >= 11 is 1.03. The Morgan fingerprint density at radius 1 is 1.22 bits per heavy atom. The molecule has 0 fully saturated rings. The number of carbonyl (C=O) groups is 2. The van der Waals surface area contributed by atoms with Crippen LogP contribution >= 0.6 is 11.3 Å². The Morgan fingerprint density at radius 2 is 1.91 bits per heavy atom. The number of rotatable bonds is 5. The Kier molecular flexibility index (Phi) is 6.47. The number of amides is 2. The van der Waals surface area contributed by atoms with Gasteiger partial charge in [0.15, 0.2) is 0 Å². The number of nitriles is 2. The Labute approximate surface area is 190 Å². The number of para-hydroxylation sites is 1. The lowest BCUT2D eigenvalue weighted by atomic mass is 10.1. The third-order valence-electron chi connectivity index (χ3n) is 5.08. The maximum absolute atomic E-state index is 12.9. The third-order valence-corrected chi connectivity index (χ3v) is 6.27. The fourth-order valence-electron chi connectivity index (χ4n) is 3.39. The van der Waals surface area contributed by atoms with Crippen molar-refractivity contribution in [2.24, 2.45) is 0 Å². The largest absolute Gasteiger partial charge is 0.344 e. The van der Waals surface area contributed by atoms with Gasteiger partial charge in [0.25, 0.3) is 11.8 Å². The zero-order chi connectivity index (χ0) is 23.6. The first-order chi connectivity index (χ1) is 15.2. The molecule has 7 nitrogen and oxygen atoms in total. The second kappa shape index (κ2) is 9.09. The molecule has 8 heteroatoms. The van der Waals surface area contributed by atoms with Gasteiger partial charge in [0.2, 0.25) is 0 Å². The average Bonchev–Trinajstić information content (AvgIpc) is 3.28. The molecule has 32 heavy (non-hydrogen) atoms. The van der Waals surface area contributed by atoms with Crippen molar-refractivity contribution in [2.75, 3.05) is 19.4 Å². The number of fused-ring (bicyclic) bond motifs is 1. The van der Waals surface area contributed by atoms with Crippen LogP contribution in [0.2, 0.25) is 0 Å². The van der Waals surface area contributed by atoms with E-state index in [2.05, 4.69) is 23.7 Å². The van der Waals surface area contributed by atoms with Crippen molar-refractivity contribution in [1.29, 1.82) is 10.5 Å². The number of carbonyl (C=O) groups excluding carboxylic acids is 2. The Balaban J connectivity index is 2.00. The van der Waals surface area contributed by atoms with E-state index in [0.29, 0.717) is 10.4 Å². The van der Waals surface area contributed by atoms with Crippen LogP contribution in [0.1, 0.15) is 46.3 Å². The minimum Gasteiger partial charge on any atom is -0.344 e. The Bertz CT molecular complexity index is 1330. The van der Waals surface area contributed by atoms with Crippen LogP contribution in [0.5, 0.6) is 0 Å². The summed E-state index contributed by atoms with van der Waals surface area (Å²) < 4.78 is 2.09. The molecule has 0 radical (unpaired) electrons. The van der Waals surface area contributed by atoms with Crippen molar-refractivity contribution >= 4 is 45.1 Å². The zero-order valence-corrected chi connectivity index (χ0v) is 19.4. The van der Waals surface area contributed by atoms with E-state index in [1.54, 1.807) is 27.1 Å². The SMILES string of the molecule is Cc1c(C(=O)N(C)C)sc(NC(=O)C(C#N)=Cc2cn(C(C)C)c3ccccc23)c1C#N. The van der Waals surface area contributed by atoms with Crippen molar-refractivity contribution in [3.05, 3.63) is 57.6 Å². The summed E-state index contributed by atoms with van der Waals surface area (Å²) in [7, 11) is 3.24. The number of hydrogen-bond acceptors (Lipinski definition) is 5. The van der Waals surface area contributed by atoms with Crippen molar-refractivity contribution in [3.8, 4) is 12.1 Å². The van der Waals surface area contributed by atoms with Gasteiger partial charge in [-0.25, -0.2) is 0 Å². The summed E-state index contributed by atoms with van der Waals surface area (Å²) in [6, 6.07) is 12.0. The first-order valence-corrected chi connectivity index (χ1v) is 10.8. The van der Waals surface area contributed by atoms with Gasteiger partial charge in [-0.1, -0.05) is 18.2 Å². The molecule has 0 aliphatic rings. The average molecular weight is 446 g/mol. The lowest BCUT2D eigenvalue weighted by Crippen LogP contribution is -2.21. The second-order valence-electron chi connectivity index (χ2n) is 7.80.